The quantitative estimate of drug-likeness (QED) is 0.613. The van der Waals surface area contributed by atoms with Crippen molar-refractivity contribution in [2.45, 2.75) is 18.5 Å². The van der Waals surface area contributed by atoms with E-state index in [1.807, 2.05) is 42.5 Å². The maximum Gasteiger partial charge on any atom is 0.411 e. The minimum Gasteiger partial charge on any atom is -0.447 e. The standard InChI is InChI=1S/C18H18N2O4/c1-19-16(21)12-8-5-9-13(15(12)17(19)22)20-14(10-24-18(20)23)11-6-3-2-4-7-11/h2-7,9,12-15H,8,10H2,1H3/t12-,13-,14+,15-/m1/s1. The van der Waals surface area contributed by atoms with E-state index < -0.39 is 18.1 Å². The molecule has 3 amide bonds. The molecule has 0 aromatic heterocycles. The van der Waals surface area contributed by atoms with E-state index in [1.165, 1.54) is 11.9 Å². The summed E-state index contributed by atoms with van der Waals surface area (Å²) in [5, 5.41) is 0. The number of likely N-dealkylation sites (tertiary alicyclic amines) is 1. The van der Waals surface area contributed by atoms with Crippen LogP contribution in [0.3, 0.4) is 0 Å². The van der Waals surface area contributed by atoms with Crippen molar-refractivity contribution in [3.05, 3.63) is 48.0 Å². The van der Waals surface area contributed by atoms with E-state index in [4.69, 9.17) is 4.74 Å². The third-order valence-corrected chi connectivity index (χ3v) is 5.21. The monoisotopic (exact) mass is 326 g/mol. The second-order valence-corrected chi connectivity index (χ2v) is 6.43. The Morgan fingerprint density at radius 3 is 2.58 bits per heavy atom. The van der Waals surface area contributed by atoms with Crippen molar-refractivity contribution in [2.24, 2.45) is 11.8 Å². The first kappa shape index (κ1) is 14.9. The maximum absolute atomic E-state index is 12.6. The lowest BCUT2D eigenvalue weighted by atomic mass is 9.80. The second kappa shape index (κ2) is 5.47. The molecule has 24 heavy (non-hydrogen) atoms. The first-order valence-corrected chi connectivity index (χ1v) is 8.07. The van der Waals surface area contributed by atoms with E-state index in [-0.39, 0.29) is 30.4 Å². The highest BCUT2D eigenvalue weighted by atomic mass is 16.6. The molecular formula is C18H18N2O4. The average molecular weight is 326 g/mol. The molecule has 124 valence electrons. The summed E-state index contributed by atoms with van der Waals surface area (Å²) in [4.78, 5) is 40.0. The Hall–Kier alpha value is -2.63. The van der Waals surface area contributed by atoms with Crippen molar-refractivity contribution < 1.29 is 19.1 Å². The minimum atomic E-state index is -0.524. The first-order chi connectivity index (χ1) is 11.6. The highest BCUT2D eigenvalue weighted by Crippen LogP contribution is 2.41. The van der Waals surface area contributed by atoms with Crippen molar-refractivity contribution in [1.82, 2.24) is 9.80 Å². The molecule has 4 atom stereocenters. The van der Waals surface area contributed by atoms with E-state index in [1.54, 1.807) is 4.90 Å². The zero-order valence-corrected chi connectivity index (χ0v) is 13.3. The van der Waals surface area contributed by atoms with Crippen LogP contribution in [0.2, 0.25) is 0 Å². The number of carbonyl (C=O) groups excluding carboxylic acids is 3. The van der Waals surface area contributed by atoms with Gasteiger partial charge in [0.2, 0.25) is 11.8 Å². The Morgan fingerprint density at radius 2 is 1.83 bits per heavy atom. The van der Waals surface area contributed by atoms with Gasteiger partial charge in [-0.05, 0) is 12.0 Å². The van der Waals surface area contributed by atoms with E-state index in [2.05, 4.69) is 0 Å². The number of ether oxygens (including phenoxy) is 1. The number of imide groups is 1. The molecule has 1 aliphatic carbocycles. The lowest BCUT2D eigenvalue weighted by Gasteiger charge is -2.35. The molecule has 2 fully saturated rings. The molecule has 0 bridgehead atoms. The van der Waals surface area contributed by atoms with Crippen LogP contribution in [-0.4, -0.2) is 47.4 Å². The van der Waals surface area contributed by atoms with Gasteiger partial charge in [0.15, 0.2) is 0 Å². The van der Waals surface area contributed by atoms with Gasteiger partial charge >= 0.3 is 6.09 Å². The second-order valence-electron chi connectivity index (χ2n) is 6.43. The van der Waals surface area contributed by atoms with Gasteiger partial charge in [-0.3, -0.25) is 19.4 Å². The predicted octanol–water partition coefficient (Wildman–Crippen LogP) is 1.74. The number of benzene rings is 1. The lowest BCUT2D eigenvalue weighted by Crippen LogP contribution is -2.47. The summed E-state index contributed by atoms with van der Waals surface area (Å²) >= 11 is 0. The minimum absolute atomic E-state index is 0.164. The van der Waals surface area contributed by atoms with Crippen molar-refractivity contribution in [1.29, 1.82) is 0 Å². The Balaban J connectivity index is 1.72. The predicted molar refractivity (Wildman–Crippen MR) is 84.7 cm³/mol. The van der Waals surface area contributed by atoms with E-state index in [0.717, 1.165) is 5.56 Å². The first-order valence-electron chi connectivity index (χ1n) is 8.07. The van der Waals surface area contributed by atoms with Crippen LogP contribution in [0.15, 0.2) is 42.5 Å². The van der Waals surface area contributed by atoms with Crippen LogP contribution in [0.1, 0.15) is 18.0 Å². The fourth-order valence-electron chi connectivity index (χ4n) is 3.98. The Labute approximate surface area is 139 Å². The molecule has 0 saturated carbocycles. The normalized spacial score (nSPS) is 32.3. The fourth-order valence-corrected chi connectivity index (χ4v) is 3.98. The number of nitrogens with zero attached hydrogens (tertiary/aromatic N) is 2. The SMILES string of the molecule is CN1C(=O)[C@H]2[C@H](N3C(=O)OC[C@H]3c3ccccc3)C=CC[C@H]2C1=O. The van der Waals surface area contributed by atoms with Crippen LogP contribution >= 0.6 is 0 Å². The molecule has 6 nitrogen and oxygen atoms in total. The van der Waals surface area contributed by atoms with E-state index in [0.29, 0.717) is 6.42 Å². The van der Waals surface area contributed by atoms with Gasteiger partial charge in [0.25, 0.3) is 0 Å². The van der Waals surface area contributed by atoms with Crippen LogP contribution < -0.4 is 0 Å². The third-order valence-electron chi connectivity index (χ3n) is 5.21. The summed E-state index contributed by atoms with van der Waals surface area (Å²) in [6.07, 6.45) is 3.86. The highest BCUT2D eigenvalue weighted by molar-refractivity contribution is 6.05. The van der Waals surface area contributed by atoms with E-state index >= 15 is 0 Å². The highest BCUT2D eigenvalue weighted by Gasteiger charge is 2.54. The molecule has 2 saturated heterocycles. The number of cyclic esters (lactones) is 1. The van der Waals surface area contributed by atoms with Gasteiger partial charge in [0, 0.05) is 7.05 Å². The fraction of sp³-hybridized carbons (Fsp3) is 0.389. The van der Waals surface area contributed by atoms with E-state index in [9.17, 15) is 14.4 Å². The molecule has 6 heteroatoms. The van der Waals surface area contributed by atoms with Gasteiger partial charge in [-0.25, -0.2) is 4.79 Å². The summed E-state index contributed by atoms with van der Waals surface area (Å²) in [7, 11) is 1.51. The molecule has 0 spiro atoms. The van der Waals surface area contributed by atoms with Crippen LogP contribution in [0.25, 0.3) is 0 Å². The van der Waals surface area contributed by atoms with Crippen LogP contribution in [0.5, 0.6) is 0 Å². The molecular weight excluding hydrogens is 308 g/mol. The van der Waals surface area contributed by atoms with Gasteiger partial charge in [0.1, 0.15) is 6.61 Å². The number of fused-ring (bicyclic) bond motifs is 1. The van der Waals surface area contributed by atoms with Gasteiger partial charge in [-0.1, -0.05) is 42.5 Å². The maximum atomic E-state index is 12.6. The van der Waals surface area contributed by atoms with Gasteiger partial charge in [-0.15, -0.1) is 0 Å². The van der Waals surface area contributed by atoms with Crippen LogP contribution in [0.4, 0.5) is 4.79 Å². The zero-order chi connectivity index (χ0) is 16.8. The summed E-state index contributed by atoms with van der Waals surface area (Å²) in [5.41, 5.74) is 0.962. The molecule has 1 aromatic rings. The van der Waals surface area contributed by atoms with Crippen LogP contribution in [-0.2, 0) is 14.3 Å². The Morgan fingerprint density at radius 1 is 1.08 bits per heavy atom. The average Bonchev–Trinajstić information content (AvgIpc) is 3.10. The number of hydrogen-bond acceptors (Lipinski definition) is 4. The number of rotatable bonds is 2. The Kier molecular flexibility index (Phi) is 3.40. The summed E-state index contributed by atoms with van der Waals surface area (Å²) in [5.74, 6) is -1.29. The molecule has 0 radical (unpaired) electrons. The molecule has 0 unspecified atom stereocenters. The summed E-state index contributed by atoms with van der Waals surface area (Å²) < 4.78 is 5.27. The Bertz CT molecular complexity index is 730. The largest absolute Gasteiger partial charge is 0.447 e. The topological polar surface area (TPSA) is 66.9 Å². The molecule has 2 heterocycles. The van der Waals surface area contributed by atoms with Crippen molar-refractivity contribution in [3.8, 4) is 0 Å². The van der Waals surface area contributed by atoms with Crippen LogP contribution in [0, 0.1) is 11.8 Å². The smallest absolute Gasteiger partial charge is 0.411 e. The van der Waals surface area contributed by atoms with Gasteiger partial charge < -0.3 is 4.74 Å². The molecule has 4 rings (SSSR count). The third kappa shape index (κ3) is 2.06. The van der Waals surface area contributed by atoms with Crippen molar-refractivity contribution >= 4 is 17.9 Å². The van der Waals surface area contributed by atoms with Crippen molar-refractivity contribution in [3.63, 3.8) is 0 Å². The number of carbonyl (C=O) groups is 3. The number of amides is 3. The summed E-state index contributed by atoms with van der Waals surface area (Å²) in [6.45, 7) is 0.253. The molecule has 1 aromatic carbocycles. The zero-order valence-electron chi connectivity index (χ0n) is 13.3. The molecule has 3 aliphatic rings. The lowest BCUT2D eigenvalue weighted by molar-refractivity contribution is -0.138. The van der Waals surface area contributed by atoms with Gasteiger partial charge in [-0.2, -0.15) is 0 Å². The molecule has 0 N–H and O–H groups in total. The van der Waals surface area contributed by atoms with Crippen molar-refractivity contribution in [2.75, 3.05) is 13.7 Å². The number of hydrogen-bond donors (Lipinski definition) is 0. The number of allylic oxidation sites excluding steroid dienone is 1. The molecule has 2 aliphatic heterocycles. The summed E-state index contributed by atoms with van der Waals surface area (Å²) in [6, 6.07) is 8.92. The van der Waals surface area contributed by atoms with Gasteiger partial charge in [0.05, 0.1) is 23.9 Å².